The number of fused-ring (bicyclic) bond motifs is 1. The number of nitrogens with one attached hydrogen (secondary N) is 1. The van der Waals surface area contributed by atoms with Gasteiger partial charge in [0.25, 0.3) is 0 Å². The smallest absolute Gasteiger partial charge is 0.117 e. The molecule has 2 heterocycles. The van der Waals surface area contributed by atoms with Crippen LogP contribution in [0.2, 0.25) is 0 Å². The highest BCUT2D eigenvalue weighted by Crippen LogP contribution is 2.26. The van der Waals surface area contributed by atoms with E-state index in [1.165, 1.54) is 10.9 Å². The van der Waals surface area contributed by atoms with Crippen LogP contribution in [0.25, 0.3) is 10.9 Å². The van der Waals surface area contributed by atoms with Crippen LogP contribution in [0.1, 0.15) is 12.5 Å². The normalized spacial score (nSPS) is 17.1. The van der Waals surface area contributed by atoms with E-state index in [0.29, 0.717) is 5.75 Å². The summed E-state index contributed by atoms with van der Waals surface area (Å²) >= 11 is 0. The molecule has 0 radical (unpaired) electrons. The van der Waals surface area contributed by atoms with E-state index in [9.17, 15) is 5.11 Å². The molecule has 0 atom stereocenters. The van der Waals surface area contributed by atoms with Gasteiger partial charge in [-0.1, -0.05) is 0 Å². The average Bonchev–Trinajstić information content (AvgIpc) is 2.77. The van der Waals surface area contributed by atoms with Crippen molar-refractivity contribution >= 4 is 10.9 Å². The third-order valence-corrected chi connectivity index (χ3v) is 3.89. The topological polar surface area (TPSA) is 40.4 Å². The molecule has 4 nitrogen and oxygen atoms in total. The van der Waals surface area contributed by atoms with E-state index in [2.05, 4.69) is 27.9 Å². The van der Waals surface area contributed by atoms with E-state index < -0.39 is 0 Å². The van der Waals surface area contributed by atoms with Gasteiger partial charge in [-0.25, -0.2) is 0 Å². The summed E-state index contributed by atoms with van der Waals surface area (Å²) in [4.78, 5) is 2.48. The summed E-state index contributed by atoms with van der Waals surface area (Å²) in [5.41, 5.74) is 2.49. The molecule has 0 amide bonds. The Balaban J connectivity index is 1.94. The Morgan fingerprint density at radius 2 is 2.05 bits per heavy atom. The van der Waals surface area contributed by atoms with Gasteiger partial charge in [0.05, 0.1) is 5.52 Å². The van der Waals surface area contributed by atoms with Crippen molar-refractivity contribution in [1.29, 1.82) is 0 Å². The van der Waals surface area contributed by atoms with Crippen molar-refractivity contribution in [3.05, 3.63) is 30.0 Å². The summed E-state index contributed by atoms with van der Waals surface area (Å²) in [6, 6.07) is 5.68. The van der Waals surface area contributed by atoms with Gasteiger partial charge in [0.15, 0.2) is 0 Å². The van der Waals surface area contributed by atoms with Crippen LogP contribution >= 0.6 is 0 Å². The lowest BCUT2D eigenvalue weighted by atomic mass is 10.1. The largest absolute Gasteiger partial charge is 0.508 e. The van der Waals surface area contributed by atoms with Crippen LogP contribution in [0, 0.1) is 0 Å². The molecule has 2 aromatic rings. The quantitative estimate of drug-likeness (QED) is 0.882. The Morgan fingerprint density at radius 3 is 2.79 bits per heavy atom. The number of aromatic hydroxyl groups is 1. The minimum absolute atomic E-state index is 0.342. The predicted molar refractivity (Wildman–Crippen MR) is 77.4 cm³/mol. The van der Waals surface area contributed by atoms with Crippen molar-refractivity contribution in [3.63, 3.8) is 0 Å². The molecule has 1 aliphatic rings. The zero-order chi connectivity index (χ0) is 13.2. The van der Waals surface area contributed by atoms with E-state index in [4.69, 9.17) is 0 Å². The van der Waals surface area contributed by atoms with Crippen molar-refractivity contribution in [2.45, 2.75) is 20.0 Å². The van der Waals surface area contributed by atoms with Crippen LogP contribution in [0.3, 0.4) is 0 Å². The first-order chi connectivity index (χ1) is 9.28. The lowest BCUT2D eigenvalue weighted by Crippen LogP contribution is -2.42. The van der Waals surface area contributed by atoms with Crippen LogP contribution in [0.4, 0.5) is 0 Å². The zero-order valence-electron chi connectivity index (χ0n) is 11.4. The summed E-state index contributed by atoms with van der Waals surface area (Å²) < 4.78 is 2.21. The van der Waals surface area contributed by atoms with E-state index in [0.717, 1.165) is 44.8 Å². The van der Waals surface area contributed by atoms with E-state index >= 15 is 0 Å². The molecule has 102 valence electrons. The number of piperazine rings is 1. The van der Waals surface area contributed by atoms with Gasteiger partial charge >= 0.3 is 0 Å². The number of aryl methyl sites for hydroxylation is 1. The van der Waals surface area contributed by atoms with Crippen molar-refractivity contribution < 1.29 is 5.11 Å². The molecule has 1 fully saturated rings. The second-order valence-electron chi connectivity index (χ2n) is 5.17. The SMILES string of the molecule is CCn1cc(CN2CCNCC2)c2ccc(O)cc21. The fourth-order valence-electron chi connectivity index (χ4n) is 2.85. The molecular weight excluding hydrogens is 238 g/mol. The molecule has 0 aliphatic carbocycles. The third-order valence-electron chi connectivity index (χ3n) is 3.89. The van der Waals surface area contributed by atoms with Crippen molar-refractivity contribution in [3.8, 4) is 5.75 Å². The lowest BCUT2D eigenvalue weighted by molar-refractivity contribution is 0.234. The van der Waals surface area contributed by atoms with Crippen molar-refractivity contribution in [2.24, 2.45) is 0 Å². The first-order valence-electron chi connectivity index (χ1n) is 7.01. The van der Waals surface area contributed by atoms with Gasteiger partial charge in [-0.2, -0.15) is 0 Å². The zero-order valence-corrected chi connectivity index (χ0v) is 11.4. The standard InChI is InChI=1S/C15H21N3O/c1-2-18-11-12(10-17-7-5-16-6-8-17)14-4-3-13(19)9-15(14)18/h3-4,9,11,16,19H,2,5-8,10H2,1H3. The Morgan fingerprint density at radius 1 is 1.26 bits per heavy atom. The predicted octanol–water partition coefficient (Wildman–Crippen LogP) is 1.77. The van der Waals surface area contributed by atoms with Gasteiger partial charge < -0.3 is 15.0 Å². The Hall–Kier alpha value is -1.52. The monoisotopic (exact) mass is 259 g/mol. The molecule has 0 spiro atoms. The molecule has 1 aliphatic heterocycles. The maximum Gasteiger partial charge on any atom is 0.117 e. The van der Waals surface area contributed by atoms with E-state index in [1.54, 1.807) is 6.07 Å². The maximum absolute atomic E-state index is 9.65. The first kappa shape index (κ1) is 12.5. The minimum Gasteiger partial charge on any atom is -0.508 e. The molecule has 0 bridgehead atoms. The molecule has 1 aromatic heterocycles. The highest BCUT2D eigenvalue weighted by molar-refractivity contribution is 5.85. The van der Waals surface area contributed by atoms with E-state index in [1.807, 2.05) is 12.1 Å². The summed E-state index contributed by atoms with van der Waals surface area (Å²) in [5, 5.41) is 14.3. The number of hydrogen-bond acceptors (Lipinski definition) is 3. The second-order valence-corrected chi connectivity index (χ2v) is 5.17. The molecular formula is C15H21N3O. The van der Waals surface area contributed by atoms with Gasteiger partial charge in [0, 0.05) is 56.9 Å². The minimum atomic E-state index is 0.342. The number of hydrogen-bond donors (Lipinski definition) is 2. The maximum atomic E-state index is 9.65. The fraction of sp³-hybridized carbons (Fsp3) is 0.467. The molecule has 1 saturated heterocycles. The first-order valence-corrected chi connectivity index (χ1v) is 7.01. The van der Waals surface area contributed by atoms with Crippen LogP contribution in [0.15, 0.2) is 24.4 Å². The van der Waals surface area contributed by atoms with Gasteiger partial charge in [-0.15, -0.1) is 0 Å². The van der Waals surface area contributed by atoms with E-state index in [-0.39, 0.29) is 0 Å². The highest BCUT2D eigenvalue weighted by Gasteiger charge is 2.14. The van der Waals surface area contributed by atoms with Gasteiger partial charge in [-0.05, 0) is 24.6 Å². The summed E-state index contributed by atoms with van der Waals surface area (Å²) in [6.07, 6.45) is 2.23. The second kappa shape index (κ2) is 5.23. The number of aromatic nitrogens is 1. The number of rotatable bonds is 3. The van der Waals surface area contributed by atoms with Gasteiger partial charge in [-0.3, -0.25) is 4.90 Å². The van der Waals surface area contributed by atoms with Gasteiger partial charge in [0.2, 0.25) is 0 Å². The van der Waals surface area contributed by atoms with Gasteiger partial charge in [0.1, 0.15) is 5.75 Å². The molecule has 2 N–H and O–H groups in total. The number of phenolic OH excluding ortho intramolecular Hbond substituents is 1. The van der Waals surface area contributed by atoms with Crippen molar-refractivity contribution in [2.75, 3.05) is 26.2 Å². The average molecular weight is 259 g/mol. The van der Waals surface area contributed by atoms with Crippen LogP contribution in [0.5, 0.6) is 5.75 Å². The molecule has 4 heteroatoms. The van der Waals surface area contributed by atoms with Crippen molar-refractivity contribution in [1.82, 2.24) is 14.8 Å². The molecule has 0 unspecified atom stereocenters. The van der Waals surface area contributed by atoms with Crippen LogP contribution in [-0.4, -0.2) is 40.8 Å². The third kappa shape index (κ3) is 2.46. The molecule has 3 rings (SSSR count). The highest BCUT2D eigenvalue weighted by atomic mass is 16.3. The number of benzene rings is 1. The summed E-state index contributed by atoms with van der Waals surface area (Å²) in [7, 11) is 0. The van der Waals surface area contributed by atoms with Crippen LogP contribution in [-0.2, 0) is 13.1 Å². The molecule has 19 heavy (non-hydrogen) atoms. The Bertz CT molecular complexity index is 570. The lowest BCUT2D eigenvalue weighted by Gasteiger charge is -2.26. The number of nitrogens with zero attached hydrogens (tertiary/aromatic N) is 2. The Kier molecular flexibility index (Phi) is 3.44. The van der Waals surface area contributed by atoms with Crippen LogP contribution < -0.4 is 5.32 Å². The summed E-state index contributed by atoms with van der Waals surface area (Å²) in [5.74, 6) is 0.342. The summed E-state index contributed by atoms with van der Waals surface area (Å²) in [6.45, 7) is 8.43. The fourth-order valence-corrected chi connectivity index (χ4v) is 2.85. The number of phenols is 1. The molecule has 0 saturated carbocycles. The Labute approximate surface area is 113 Å². The molecule has 1 aromatic carbocycles.